The second kappa shape index (κ2) is 3.98. The van der Waals surface area contributed by atoms with Gasteiger partial charge in [0, 0.05) is 17.2 Å². The zero-order valence-corrected chi connectivity index (χ0v) is 11.0. The largest absolute Gasteiger partial charge is 0.229 e. The summed E-state index contributed by atoms with van der Waals surface area (Å²) in [4.78, 5) is 0. The van der Waals surface area contributed by atoms with E-state index in [-0.39, 0.29) is 0 Å². The third-order valence-electron chi connectivity index (χ3n) is 3.17. The maximum Gasteiger partial charge on any atom is 0.169 e. The van der Waals surface area contributed by atoms with Crippen LogP contribution in [0, 0.1) is 28.1 Å². The van der Waals surface area contributed by atoms with Gasteiger partial charge in [0.1, 0.15) is 5.25 Å². The first-order valence-electron chi connectivity index (χ1n) is 5.13. The van der Waals surface area contributed by atoms with E-state index in [1.165, 1.54) is 0 Å². The Balaban J connectivity index is 2.54. The average molecular weight is 281 g/mol. The van der Waals surface area contributed by atoms with E-state index in [4.69, 9.17) is 22.1 Å². The van der Waals surface area contributed by atoms with Crippen molar-refractivity contribution in [3.8, 4) is 12.1 Å². The fourth-order valence-electron chi connectivity index (χ4n) is 2.37. The van der Waals surface area contributed by atoms with Gasteiger partial charge < -0.3 is 0 Å². The fourth-order valence-corrected chi connectivity index (χ4v) is 4.28. The fraction of sp³-hybridized carbons (Fsp3) is 0.333. The average Bonchev–Trinajstić information content (AvgIpc) is 2.98. The highest BCUT2D eigenvalue weighted by Crippen LogP contribution is 2.62. The van der Waals surface area contributed by atoms with Crippen molar-refractivity contribution in [2.45, 2.75) is 11.2 Å². The summed E-state index contributed by atoms with van der Waals surface area (Å²) in [6, 6.07) is 10.3. The second-order valence-corrected chi connectivity index (χ2v) is 6.98. The van der Waals surface area contributed by atoms with Gasteiger partial charge in [0.25, 0.3) is 0 Å². The van der Waals surface area contributed by atoms with E-state index in [1.54, 1.807) is 24.3 Å². The van der Waals surface area contributed by atoms with Crippen LogP contribution in [0.4, 0.5) is 0 Å². The van der Waals surface area contributed by atoms with Gasteiger partial charge in [0.2, 0.25) is 0 Å². The number of hydrogen-bond acceptors (Lipinski definition) is 4. The lowest BCUT2D eigenvalue weighted by Gasteiger charge is -1.99. The maximum atomic E-state index is 11.7. The van der Waals surface area contributed by atoms with Crippen molar-refractivity contribution < 1.29 is 8.42 Å². The van der Waals surface area contributed by atoms with Crippen LogP contribution < -0.4 is 0 Å². The molecule has 0 aliphatic heterocycles. The summed E-state index contributed by atoms with van der Waals surface area (Å²) in [5.74, 6) is -0.624. The van der Waals surface area contributed by atoms with E-state index < -0.39 is 26.4 Å². The minimum absolute atomic E-state index is 0.455. The van der Waals surface area contributed by atoms with Crippen molar-refractivity contribution in [3.63, 3.8) is 0 Å². The quantitative estimate of drug-likeness (QED) is 0.828. The van der Waals surface area contributed by atoms with E-state index >= 15 is 0 Å². The van der Waals surface area contributed by atoms with Crippen LogP contribution in [0.2, 0.25) is 5.02 Å². The zero-order valence-electron chi connectivity index (χ0n) is 9.46. The molecule has 2 atom stereocenters. The summed E-state index contributed by atoms with van der Waals surface area (Å²) >= 11 is 5.84. The number of sulfone groups is 1. The van der Waals surface area contributed by atoms with Gasteiger partial charge in [0.05, 0.1) is 12.1 Å². The van der Waals surface area contributed by atoms with Crippen LogP contribution in [0.3, 0.4) is 0 Å². The molecule has 92 valence electrons. The molecule has 0 saturated heterocycles. The molecule has 0 heterocycles. The van der Waals surface area contributed by atoms with Gasteiger partial charge in [-0.15, -0.1) is 0 Å². The molecule has 1 aromatic rings. The van der Waals surface area contributed by atoms with Gasteiger partial charge in [-0.2, -0.15) is 10.5 Å². The number of benzene rings is 1. The van der Waals surface area contributed by atoms with Crippen LogP contribution in [0.5, 0.6) is 0 Å². The van der Waals surface area contributed by atoms with Crippen molar-refractivity contribution in [3.05, 3.63) is 34.9 Å². The van der Waals surface area contributed by atoms with Crippen LogP contribution in [-0.4, -0.2) is 19.9 Å². The van der Waals surface area contributed by atoms with Gasteiger partial charge in [-0.1, -0.05) is 23.7 Å². The Bertz CT molecular complexity index is 671. The van der Waals surface area contributed by atoms with E-state index in [0.717, 1.165) is 6.26 Å². The predicted octanol–water partition coefficient (Wildman–Crippen LogP) is 1.88. The molecule has 0 aromatic heterocycles. The van der Waals surface area contributed by atoms with E-state index in [9.17, 15) is 8.42 Å². The first-order valence-corrected chi connectivity index (χ1v) is 7.47. The first-order chi connectivity index (χ1) is 8.36. The first kappa shape index (κ1) is 12.9. The normalized spacial score (nSPS) is 24.9. The Morgan fingerprint density at radius 3 is 2.33 bits per heavy atom. The van der Waals surface area contributed by atoms with Crippen molar-refractivity contribution in [1.29, 1.82) is 10.5 Å². The predicted molar refractivity (Wildman–Crippen MR) is 66.5 cm³/mol. The van der Waals surface area contributed by atoms with Crippen molar-refractivity contribution in [1.82, 2.24) is 0 Å². The lowest BCUT2D eigenvalue weighted by Crippen LogP contribution is -2.11. The van der Waals surface area contributed by atoms with Crippen LogP contribution in [0.15, 0.2) is 24.3 Å². The topological polar surface area (TPSA) is 81.7 Å². The highest BCUT2D eigenvalue weighted by molar-refractivity contribution is 7.91. The van der Waals surface area contributed by atoms with E-state index in [1.807, 2.05) is 12.1 Å². The van der Waals surface area contributed by atoms with Crippen LogP contribution >= 0.6 is 11.6 Å². The second-order valence-electron chi connectivity index (χ2n) is 4.38. The summed E-state index contributed by atoms with van der Waals surface area (Å²) in [5, 5.41) is 17.7. The summed E-state index contributed by atoms with van der Waals surface area (Å²) in [5.41, 5.74) is -0.876. The van der Waals surface area contributed by atoms with Crippen molar-refractivity contribution in [2.75, 3.05) is 6.26 Å². The molecule has 1 aromatic carbocycles. The molecule has 1 aliphatic carbocycles. The number of hydrogen-bond donors (Lipinski definition) is 0. The number of rotatable bonds is 2. The molecule has 0 radical (unpaired) electrons. The molecule has 0 unspecified atom stereocenters. The Morgan fingerprint density at radius 1 is 1.33 bits per heavy atom. The summed E-state index contributed by atoms with van der Waals surface area (Å²) < 4.78 is 23.3. The van der Waals surface area contributed by atoms with Crippen LogP contribution in [0.1, 0.15) is 11.5 Å². The number of nitrogens with zero attached hydrogens (tertiary/aromatic N) is 2. The SMILES string of the molecule is CS(=O)(=O)[C@@H]1[C@H](c2cccc(Cl)c2)C1(C#N)C#N. The monoisotopic (exact) mass is 280 g/mol. The molecule has 2 rings (SSSR count). The molecule has 0 spiro atoms. The highest BCUT2D eigenvalue weighted by atomic mass is 35.5. The van der Waals surface area contributed by atoms with Gasteiger partial charge in [-0.25, -0.2) is 8.42 Å². The molecule has 0 bridgehead atoms. The van der Waals surface area contributed by atoms with Gasteiger partial charge >= 0.3 is 0 Å². The maximum absolute atomic E-state index is 11.7. The third kappa shape index (κ3) is 1.77. The van der Waals surface area contributed by atoms with Crippen LogP contribution in [0.25, 0.3) is 0 Å². The molecule has 6 heteroatoms. The Kier molecular flexibility index (Phi) is 2.85. The molecule has 0 amide bonds. The van der Waals surface area contributed by atoms with Crippen molar-refractivity contribution >= 4 is 21.4 Å². The van der Waals surface area contributed by atoms with E-state index in [0.29, 0.717) is 10.6 Å². The molecular weight excluding hydrogens is 272 g/mol. The third-order valence-corrected chi connectivity index (χ3v) is 4.97. The summed E-state index contributed by atoms with van der Waals surface area (Å²) in [6.45, 7) is 0. The Morgan fingerprint density at radius 2 is 1.94 bits per heavy atom. The zero-order chi connectivity index (χ0) is 13.6. The molecule has 4 nitrogen and oxygen atoms in total. The summed E-state index contributed by atoms with van der Waals surface area (Å²) in [7, 11) is -3.46. The Labute approximate surface area is 110 Å². The van der Waals surface area contributed by atoms with Gasteiger partial charge in [0.15, 0.2) is 15.3 Å². The number of nitriles is 2. The molecule has 0 N–H and O–H groups in total. The smallest absolute Gasteiger partial charge is 0.169 e. The van der Waals surface area contributed by atoms with Crippen LogP contribution in [-0.2, 0) is 9.84 Å². The molecule has 1 fully saturated rings. The lowest BCUT2D eigenvalue weighted by molar-refractivity contribution is 0.597. The highest BCUT2D eigenvalue weighted by Gasteiger charge is 2.72. The minimum Gasteiger partial charge on any atom is -0.229 e. The van der Waals surface area contributed by atoms with Gasteiger partial charge in [-0.05, 0) is 17.7 Å². The molecule has 1 saturated carbocycles. The number of halogens is 1. The van der Waals surface area contributed by atoms with Crippen molar-refractivity contribution in [2.24, 2.45) is 5.41 Å². The lowest BCUT2D eigenvalue weighted by atomic mass is 10.0. The Hall–Kier alpha value is -1.56. The summed E-state index contributed by atoms with van der Waals surface area (Å²) in [6.07, 6.45) is 1.05. The standard InChI is InChI=1S/C12H9ClN2O2S/c1-18(16,17)11-10(12(11,6-14)7-15)8-3-2-4-9(13)5-8/h2-5,10-11H,1H3/t10-,11+/m0/s1. The molecular formula is C12H9ClN2O2S. The molecule has 18 heavy (non-hydrogen) atoms. The molecule has 1 aliphatic rings. The van der Waals surface area contributed by atoms with Gasteiger partial charge in [-0.3, -0.25) is 0 Å². The van der Waals surface area contributed by atoms with E-state index in [2.05, 4.69) is 0 Å². The minimum atomic E-state index is -3.46.